The molecular formula is C27H26F2N8O3. The minimum atomic E-state index is -3.06. The Morgan fingerprint density at radius 2 is 1.98 bits per heavy atom. The average molecular weight is 549 g/mol. The first-order chi connectivity index (χ1) is 19.3. The Kier molecular flexibility index (Phi) is 6.50. The molecule has 5 aromatic rings. The van der Waals surface area contributed by atoms with E-state index in [0.29, 0.717) is 40.5 Å². The van der Waals surface area contributed by atoms with Gasteiger partial charge in [0.2, 0.25) is 0 Å². The van der Waals surface area contributed by atoms with Crippen LogP contribution in [0.25, 0.3) is 16.6 Å². The van der Waals surface area contributed by atoms with E-state index in [-0.39, 0.29) is 18.1 Å². The first-order valence-electron chi connectivity index (χ1n) is 12.6. The molecule has 1 aliphatic heterocycles. The van der Waals surface area contributed by atoms with Gasteiger partial charge in [-0.3, -0.25) is 0 Å². The van der Waals surface area contributed by atoms with Gasteiger partial charge < -0.3 is 24.4 Å². The summed E-state index contributed by atoms with van der Waals surface area (Å²) in [6, 6.07) is 7.31. The lowest BCUT2D eigenvalue weighted by Crippen LogP contribution is -2.52. The quantitative estimate of drug-likeness (QED) is 0.309. The first kappa shape index (κ1) is 25.6. The number of anilines is 2. The molecule has 206 valence electrons. The van der Waals surface area contributed by atoms with Crippen LogP contribution in [0.1, 0.15) is 12.0 Å². The molecule has 1 atom stereocenters. The van der Waals surface area contributed by atoms with E-state index in [4.69, 9.17) is 14.2 Å². The third-order valence-electron chi connectivity index (χ3n) is 6.67. The topological polar surface area (TPSA) is 112 Å². The van der Waals surface area contributed by atoms with Gasteiger partial charge >= 0.3 is 0 Å². The smallest absolute Gasteiger partial charge is 0.296 e. The lowest BCUT2D eigenvalue weighted by Gasteiger charge is -2.36. The molecule has 0 spiro atoms. The summed E-state index contributed by atoms with van der Waals surface area (Å²) in [4.78, 5) is 18.8. The van der Waals surface area contributed by atoms with Gasteiger partial charge in [-0.05, 0) is 37.7 Å². The summed E-state index contributed by atoms with van der Waals surface area (Å²) in [6.07, 6.45) is 6.69. The number of likely N-dealkylation sites (tertiary alicyclic amines) is 1. The largest absolute Gasteiger partial charge is 0.478 e. The van der Waals surface area contributed by atoms with Gasteiger partial charge in [-0.25, -0.2) is 33.2 Å². The number of methoxy groups -OCH3 is 1. The van der Waals surface area contributed by atoms with E-state index in [0.717, 1.165) is 11.2 Å². The third kappa shape index (κ3) is 4.91. The molecule has 1 aliphatic rings. The number of ether oxygens (including phenoxy) is 3. The van der Waals surface area contributed by atoms with Crippen molar-refractivity contribution in [2.24, 2.45) is 0 Å². The molecular weight excluding hydrogens is 522 g/mol. The summed E-state index contributed by atoms with van der Waals surface area (Å²) in [6.45, 7) is 1.98. The first-order valence-corrected chi connectivity index (χ1v) is 12.6. The van der Waals surface area contributed by atoms with Crippen LogP contribution in [0.5, 0.6) is 23.1 Å². The number of aryl methyl sites for hydroxylation is 1. The zero-order chi connectivity index (χ0) is 27.9. The second kappa shape index (κ2) is 10.2. The van der Waals surface area contributed by atoms with Crippen LogP contribution < -0.4 is 19.5 Å². The maximum atomic E-state index is 14.9. The molecule has 4 aromatic heterocycles. The van der Waals surface area contributed by atoms with Crippen molar-refractivity contribution in [2.45, 2.75) is 25.4 Å². The molecule has 0 radical (unpaired) electrons. The van der Waals surface area contributed by atoms with Gasteiger partial charge in [-0.15, -0.1) is 0 Å². The van der Waals surface area contributed by atoms with Gasteiger partial charge in [0.25, 0.3) is 11.8 Å². The normalized spacial score (nSPS) is 17.2. The zero-order valence-electron chi connectivity index (χ0n) is 22.0. The highest BCUT2D eigenvalue weighted by molar-refractivity contribution is 5.96. The number of rotatable bonds is 7. The molecule has 0 saturated carbocycles. The van der Waals surface area contributed by atoms with Gasteiger partial charge in [0.1, 0.15) is 17.9 Å². The lowest BCUT2D eigenvalue weighted by atomic mass is 10.0. The summed E-state index contributed by atoms with van der Waals surface area (Å²) in [5, 5.41) is 7.84. The predicted octanol–water partition coefficient (Wildman–Crippen LogP) is 4.64. The summed E-state index contributed by atoms with van der Waals surface area (Å²) in [5.41, 5.74) is 2.67. The summed E-state index contributed by atoms with van der Waals surface area (Å²) < 4.78 is 48.8. The van der Waals surface area contributed by atoms with Gasteiger partial charge in [-0.1, -0.05) is 0 Å². The Labute approximate surface area is 227 Å². The number of alkyl halides is 2. The van der Waals surface area contributed by atoms with Crippen molar-refractivity contribution in [2.75, 3.05) is 32.6 Å². The maximum absolute atomic E-state index is 14.9. The number of nitrogens with one attached hydrogen (secondary N) is 1. The van der Waals surface area contributed by atoms with E-state index in [1.165, 1.54) is 19.6 Å². The molecule has 13 heteroatoms. The van der Waals surface area contributed by atoms with E-state index in [2.05, 4.69) is 30.4 Å². The van der Waals surface area contributed by atoms with E-state index in [1.807, 2.05) is 25.1 Å². The highest BCUT2D eigenvalue weighted by Gasteiger charge is 2.46. The van der Waals surface area contributed by atoms with Crippen LogP contribution in [0.2, 0.25) is 0 Å². The Balaban J connectivity index is 1.31. The van der Waals surface area contributed by atoms with Crippen molar-refractivity contribution in [1.82, 2.24) is 34.4 Å². The third-order valence-corrected chi connectivity index (χ3v) is 6.67. The van der Waals surface area contributed by atoms with Gasteiger partial charge in [0, 0.05) is 24.7 Å². The van der Waals surface area contributed by atoms with Gasteiger partial charge in [0.05, 0.1) is 49.3 Å². The summed E-state index contributed by atoms with van der Waals surface area (Å²) in [7, 11) is 3.07. The molecule has 11 nitrogen and oxygen atoms in total. The molecule has 1 aromatic carbocycles. The van der Waals surface area contributed by atoms with E-state index < -0.39 is 18.6 Å². The molecule has 1 N–H and O–H groups in total. The number of piperidine rings is 1. The number of nitrogens with zero attached hydrogens (tertiary/aromatic N) is 7. The van der Waals surface area contributed by atoms with Crippen LogP contribution in [0.15, 0.2) is 55.4 Å². The highest BCUT2D eigenvalue weighted by Crippen LogP contribution is 2.41. The van der Waals surface area contributed by atoms with Gasteiger partial charge in [0.15, 0.2) is 23.3 Å². The van der Waals surface area contributed by atoms with Crippen LogP contribution in [-0.4, -0.2) is 73.7 Å². The van der Waals surface area contributed by atoms with E-state index in [9.17, 15) is 8.78 Å². The lowest BCUT2D eigenvalue weighted by molar-refractivity contribution is -0.135. The molecule has 5 heterocycles. The Morgan fingerprint density at radius 1 is 1.10 bits per heavy atom. The van der Waals surface area contributed by atoms with Crippen LogP contribution in [0.3, 0.4) is 0 Å². The Bertz CT molecular complexity index is 1700. The number of hydrogen-bond acceptors (Lipinski definition) is 10. The Hall–Kier alpha value is -4.65. The molecule has 1 saturated heterocycles. The fraction of sp³-hybridized carbons (Fsp3) is 0.296. The highest BCUT2D eigenvalue weighted by atomic mass is 19.3. The van der Waals surface area contributed by atoms with Gasteiger partial charge in [-0.2, -0.15) is 5.10 Å². The summed E-state index contributed by atoms with van der Waals surface area (Å²) >= 11 is 0. The van der Waals surface area contributed by atoms with Crippen molar-refractivity contribution in [3.05, 3.63) is 60.9 Å². The number of halogens is 2. The van der Waals surface area contributed by atoms with Crippen molar-refractivity contribution in [3.63, 3.8) is 0 Å². The van der Waals surface area contributed by atoms with Crippen LogP contribution in [0, 0.1) is 6.92 Å². The SMILES string of the molecule is COc1ncc2ncnc(Nc3ccc(Oc4cnc5ccnn5c4)c(C)c3)c2c1O[C@@H]1CCN(C)CC1(F)F. The zero-order valence-corrected chi connectivity index (χ0v) is 22.0. The number of fused-ring (bicyclic) bond motifs is 2. The van der Waals surface area contributed by atoms with E-state index >= 15 is 0 Å². The fourth-order valence-corrected chi connectivity index (χ4v) is 4.68. The van der Waals surface area contributed by atoms with Crippen molar-refractivity contribution in [1.29, 1.82) is 0 Å². The van der Waals surface area contributed by atoms with Crippen molar-refractivity contribution in [3.8, 4) is 23.1 Å². The molecule has 0 bridgehead atoms. The van der Waals surface area contributed by atoms with E-state index in [1.54, 1.807) is 41.1 Å². The second-order valence-corrected chi connectivity index (χ2v) is 9.60. The molecule has 1 fully saturated rings. The number of aromatic nitrogens is 6. The minimum absolute atomic E-state index is 0.0653. The monoisotopic (exact) mass is 548 g/mol. The number of hydrogen-bond donors (Lipinski definition) is 1. The van der Waals surface area contributed by atoms with Crippen LogP contribution in [0.4, 0.5) is 20.3 Å². The molecule has 0 amide bonds. The van der Waals surface area contributed by atoms with Crippen molar-refractivity contribution < 1.29 is 23.0 Å². The van der Waals surface area contributed by atoms with Crippen molar-refractivity contribution >= 4 is 28.1 Å². The molecule has 6 rings (SSSR count). The Morgan fingerprint density at radius 3 is 2.77 bits per heavy atom. The van der Waals surface area contributed by atoms with Crippen LogP contribution >= 0.6 is 0 Å². The number of benzene rings is 1. The molecule has 0 unspecified atom stereocenters. The standard InChI is InChI=1S/C27H26F2N8O3/c1-16-10-17(4-5-20(16)39-18-11-30-22-6-8-34-37(22)13-18)35-25-23-19(32-15-33-25)12-31-26(38-3)24(23)40-21-7-9-36(2)14-27(21,28)29/h4-6,8,10-13,15,21H,7,9,14H2,1-3H3,(H,32,33,35)/t21-/m1/s1. The molecule has 40 heavy (non-hydrogen) atoms. The average Bonchev–Trinajstić information content (AvgIpc) is 3.39. The second-order valence-electron chi connectivity index (χ2n) is 9.60. The maximum Gasteiger partial charge on any atom is 0.296 e. The summed E-state index contributed by atoms with van der Waals surface area (Å²) in [5.74, 6) is -1.40. The molecule has 0 aliphatic carbocycles. The predicted molar refractivity (Wildman–Crippen MR) is 143 cm³/mol. The van der Waals surface area contributed by atoms with Crippen LogP contribution in [-0.2, 0) is 0 Å². The number of pyridine rings is 1. The minimum Gasteiger partial charge on any atom is -0.478 e. The fourth-order valence-electron chi connectivity index (χ4n) is 4.68.